The molecule has 0 atom stereocenters. The van der Waals surface area contributed by atoms with Gasteiger partial charge in [0.25, 0.3) is 5.95 Å². The van der Waals surface area contributed by atoms with Gasteiger partial charge >= 0.3 is 6.09 Å². The molecule has 2 saturated heterocycles. The summed E-state index contributed by atoms with van der Waals surface area (Å²) in [6.07, 6.45) is 4.30. The highest BCUT2D eigenvalue weighted by molar-refractivity contribution is 5.83. The topological polar surface area (TPSA) is 89.5 Å². The van der Waals surface area contributed by atoms with E-state index in [1.807, 2.05) is 6.92 Å². The van der Waals surface area contributed by atoms with E-state index in [2.05, 4.69) is 20.1 Å². The summed E-state index contributed by atoms with van der Waals surface area (Å²) >= 11 is 0. The molecule has 0 radical (unpaired) electrons. The number of hydrogen-bond acceptors (Lipinski definition) is 7. The van der Waals surface area contributed by atoms with Crippen molar-refractivity contribution in [3.05, 3.63) is 35.6 Å². The zero-order valence-electron chi connectivity index (χ0n) is 19.0. The third kappa shape index (κ3) is 4.19. The summed E-state index contributed by atoms with van der Waals surface area (Å²) in [5, 5.41) is 9.66. The van der Waals surface area contributed by atoms with Gasteiger partial charge in [-0.05, 0) is 62.5 Å². The Kier molecular flexibility index (Phi) is 6.01. The number of carbonyl (C=O) groups excluding carboxylic acids is 1. The summed E-state index contributed by atoms with van der Waals surface area (Å²) in [6.45, 7) is 5.41. The molecule has 0 bridgehead atoms. The second kappa shape index (κ2) is 9.09. The van der Waals surface area contributed by atoms with Crippen LogP contribution in [0.15, 0.2) is 22.7 Å². The van der Waals surface area contributed by atoms with Gasteiger partial charge in [-0.1, -0.05) is 6.92 Å². The average Bonchev–Trinajstić information content (AvgIpc) is 3.48. The third-order valence-electron chi connectivity index (χ3n) is 6.97. The molecule has 9 nitrogen and oxygen atoms in total. The minimum Gasteiger partial charge on any atom is -0.453 e. The van der Waals surface area contributed by atoms with Gasteiger partial charge in [0.05, 0.1) is 18.3 Å². The number of hydrogen-bond donors (Lipinski definition) is 0. The van der Waals surface area contributed by atoms with Crippen LogP contribution >= 0.6 is 0 Å². The Balaban J connectivity index is 1.24. The molecule has 2 aliphatic heterocycles. The molecular formula is C23H29FN6O3. The molecule has 176 valence electrons. The Morgan fingerprint density at radius 3 is 2.64 bits per heavy atom. The number of piperidine rings is 2. The molecule has 0 N–H and O–H groups in total. The van der Waals surface area contributed by atoms with Crippen LogP contribution in [0.5, 0.6) is 0 Å². The van der Waals surface area contributed by atoms with E-state index in [4.69, 9.17) is 9.26 Å². The van der Waals surface area contributed by atoms with Gasteiger partial charge in [0, 0.05) is 36.5 Å². The molecule has 33 heavy (non-hydrogen) atoms. The predicted molar refractivity (Wildman–Crippen MR) is 119 cm³/mol. The first-order chi connectivity index (χ1) is 16.1. The minimum absolute atomic E-state index is 0.196. The highest BCUT2D eigenvalue weighted by Gasteiger charge is 2.32. The number of aryl methyl sites for hydroxylation is 1. The lowest BCUT2D eigenvalue weighted by atomic mass is 9.93. The highest BCUT2D eigenvalue weighted by atomic mass is 19.1. The van der Waals surface area contributed by atoms with Crippen molar-refractivity contribution >= 4 is 17.0 Å². The maximum Gasteiger partial charge on any atom is 0.409 e. The lowest BCUT2D eigenvalue weighted by Crippen LogP contribution is -2.48. The van der Waals surface area contributed by atoms with E-state index in [-0.39, 0.29) is 17.8 Å². The van der Waals surface area contributed by atoms with Gasteiger partial charge in [0.1, 0.15) is 5.82 Å². The summed E-state index contributed by atoms with van der Waals surface area (Å²) in [5.41, 5.74) is 1.52. The van der Waals surface area contributed by atoms with Crippen LogP contribution in [0.25, 0.3) is 16.9 Å². The first-order valence-electron chi connectivity index (χ1n) is 11.7. The zero-order valence-corrected chi connectivity index (χ0v) is 19.0. The molecule has 4 heterocycles. The van der Waals surface area contributed by atoms with Gasteiger partial charge < -0.3 is 19.1 Å². The number of nitrogens with zero attached hydrogens (tertiary/aromatic N) is 6. The van der Waals surface area contributed by atoms with E-state index in [1.165, 1.54) is 19.2 Å². The first kappa shape index (κ1) is 21.8. The number of halogens is 1. The summed E-state index contributed by atoms with van der Waals surface area (Å²) in [4.78, 5) is 20.6. The van der Waals surface area contributed by atoms with Crippen LogP contribution in [0.1, 0.15) is 50.1 Å². The maximum atomic E-state index is 13.9. The van der Waals surface area contributed by atoms with Crippen LogP contribution in [0.4, 0.5) is 9.18 Å². The van der Waals surface area contributed by atoms with Crippen LogP contribution in [-0.4, -0.2) is 75.1 Å². The number of amides is 1. The number of benzene rings is 1. The van der Waals surface area contributed by atoms with Crippen LogP contribution in [0, 0.1) is 5.82 Å². The first-order valence-corrected chi connectivity index (χ1v) is 11.7. The molecule has 3 aromatic rings. The molecular weight excluding hydrogens is 427 g/mol. The van der Waals surface area contributed by atoms with Gasteiger partial charge in [-0.3, -0.25) is 0 Å². The van der Waals surface area contributed by atoms with Crippen molar-refractivity contribution in [2.24, 2.45) is 0 Å². The number of rotatable bonds is 4. The van der Waals surface area contributed by atoms with E-state index in [9.17, 15) is 9.18 Å². The molecule has 0 unspecified atom stereocenters. The Morgan fingerprint density at radius 2 is 1.94 bits per heavy atom. The normalized spacial score (nSPS) is 18.8. The molecule has 1 amide bonds. The van der Waals surface area contributed by atoms with Crippen molar-refractivity contribution in [1.82, 2.24) is 29.7 Å². The summed E-state index contributed by atoms with van der Waals surface area (Å²) in [5.74, 6) is 0.836. The summed E-state index contributed by atoms with van der Waals surface area (Å²) in [6, 6.07) is 5.14. The fourth-order valence-corrected chi connectivity index (χ4v) is 5.10. The van der Waals surface area contributed by atoms with Gasteiger partial charge in [0.2, 0.25) is 5.89 Å². The standard InChI is InChI=1S/C23H29FN6O3/c1-3-19-18-5-4-16(24)14-20(18)30(26-19)22-25-21(33-27-22)15-6-10-28(11-7-15)17-8-12-29(13-9-17)23(31)32-2/h4-5,14-15,17H,3,6-13H2,1-2H3. The minimum atomic E-state index is -0.320. The largest absolute Gasteiger partial charge is 0.453 e. The Labute approximate surface area is 191 Å². The molecule has 2 aliphatic rings. The highest BCUT2D eigenvalue weighted by Crippen LogP contribution is 2.31. The third-order valence-corrected chi connectivity index (χ3v) is 6.97. The fourth-order valence-electron chi connectivity index (χ4n) is 5.10. The molecule has 0 aliphatic carbocycles. The molecule has 2 fully saturated rings. The Morgan fingerprint density at radius 1 is 1.18 bits per heavy atom. The van der Waals surface area contributed by atoms with E-state index in [0.717, 1.165) is 69.4 Å². The number of ether oxygens (including phenoxy) is 1. The van der Waals surface area contributed by atoms with Crippen molar-refractivity contribution in [1.29, 1.82) is 0 Å². The van der Waals surface area contributed by atoms with Gasteiger partial charge in [0.15, 0.2) is 0 Å². The van der Waals surface area contributed by atoms with Gasteiger partial charge in [-0.25, -0.2) is 9.18 Å². The maximum absolute atomic E-state index is 13.9. The van der Waals surface area contributed by atoms with Gasteiger partial charge in [-0.15, -0.1) is 0 Å². The summed E-state index contributed by atoms with van der Waals surface area (Å²) in [7, 11) is 1.43. The quantitative estimate of drug-likeness (QED) is 0.593. The van der Waals surface area contributed by atoms with Crippen LogP contribution < -0.4 is 0 Å². The smallest absolute Gasteiger partial charge is 0.409 e. The second-order valence-electron chi connectivity index (χ2n) is 8.80. The molecule has 0 spiro atoms. The van der Waals surface area contributed by atoms with Crippen molar-refractivity contribution < 1.29 is 18.4 Å². The van der Waals surface area contributed by atoms with Crippen molar-refractivity contribution in [2.75, 3.05) is 33.3 Å². The van der Waals surface area contributed by atoms with Crippen molar-refractivity contribution in [2.45, 2.75) is 51.0 Å². The number of methoxy groups -OCH3 is 1. The van der Waals surface area contributed by atoms with Crippen LogP contribution in [-0.2, 0) is 11.2 Å². The second-order valence-corrected chi connectivity index (χ2v) is 8.80. The number of aromatic nitrogens is 4. The van der Waals surface area contributed by atoms with Crippen LogP contribution in [0.2, 0.25) is 0 Å². The van der Waals surface area contributed by atoms with Crippen LogP contribution in [0.3, 0.4) is 0 Å². The van der Waals surface area contributed by atoms with E-state index >= 15 is 0 Å². The zero-order chi connectivity index (χ0) is 22.9. The van der Waals surface area contributed by atoms with E-state index < -0.39 is 0 Å². The van der Waals surface area contributed by atoms with Crippen molar-refractivity contribution in [3.8, 4) is 5.95 Å². The number of carbonyl (C=O) groups is 1. The molecule has 1 aromatic carbocycles. The average molecular weight is 457 g/mol. The SMILES string of the molecule is CCc1nn(-c2noc(C3CCN(C4CCN(C(=O)OC)CC4)CC3)n2)c2cc(F)ccc12. The van der Waals surface area contributed by atoms with Crippen molar-refractivity contribution in [3.63, 3.8) is 0 Å². The lowest BCUT2D eigenvalue weighted by Gasteiger charge is -2.40. The Hall–Kier alpha value is -3.01. The lowest BCUT2D eigenvalue weighted by molar-refractivity contribution is 0.0712. The number of likely N-dealkylation sites (tertiary alicyclic amines) is 2. The molecule has 10 heteroatoms. The Bertz CT molecular complexity index is 1130. The predicted octanol–water partition coefficient (Wildman–Crippen LogP) is 3.52. The van der Waals surface area contributed by atoms with Gasteiger partial charge in [-0.2, -0.15) is 14.8 Å². The number of fused-ring (bicyclic) bond motifs is 1. The van der Waals surface area contributed by atoms with E-state index in [1.54, 1.807) is 15.6 Å². The monoisotopic (exact) mass is 456 g/mol. The molecule has 5 rings (SSSR count). The fraction of sp³-hybridized carbons (Fsp3) is 0.565. The summed E-state index contributed by atoms with van der Waals surface area (Å²) < 4.78 is 25.9. The molecule has 2 aromatic heterocycles. The van der Waals surface area contributed by atoms with E-state index in [0.29, 0.717) is 23.4 Å². The molecule has 0 saturated carbocycles.